The third kappa shape index (κ3) is 13.4. The van der Waals surface area contributed by atoms with E-state index in [1.807, 2.05) is 39.0 Å². The van der Waals surface area contributed by atoms with Crippen LogP contribution >= 0.6 is 0 Å². The molecule has 1 aromatic rings. The molecular weight excluding hydrogens is 848 g/mol. The van der Waals surface area contributed by atoms with Crippen LogP contribution < -0.4 is 5.32 Å². The molecule has 0 aromatic heterocycles. The Morgan fingerprint density at radius 2 is 1.61 bits per heavy atom. The number of alkyl halides is 1. The second-order valence-electron chi connectivity index (χ2n) is 19.5. The molecule has 2 saturated heterocycles. The number of carbonyl (C=O) groups excluding carboxylic acids is 4. The van der Waals surface area contributed by atoms with Crippen molar-refractivity contribution in [2.24, 2.45) is 29.6 Å². The fourth-order valence-electron chi connectivity index (χ4n) is 10.6. The highest BCUT2D eigenvalue weighted by atomic mass is 19.1. The molecule has 5 rings (SSSR count). The molecule has 0 spiro atoms. The van der Waals surface area contributed by atoms with E-state index in [2.05, 4.69) is 23.5 Å². The standard InChI is InChI=1S/C52H79FN2O11/c1-10-39-27-33(3)46(53)34(4)28-44(62-8)48-45(63-9)29-36(6)52(60,66-48)49(57)50(58)55-24-15-14-18-40(55)51(59)65-47(32(2)19-21-41(39)56)35(5)26-38-20-22-42(43(30-38)61-7)64-25-23-54-31-37-16-12-11-13-17-37/h11-13,16-17,26-27,32,34,36,38-40,42-48,54,60H,10,14-15,18-25,28-31H2,1-9H3/b33-27+,35-26?. The number of hydrogen-bond acceptors (Lipinski definition) is 12. The normalized spacial score (nSPS) is 37.0. The Labute approximate surface area is 392 Å². The van der Waals surface area contributed by atoms with Crippen LogP contribution in [-0.2, 0) is 54.1 Å². The Morgan fingerprint density at radius 1 is 0.909 bits per heavy atom. The lowest BCUT2D eigenvalue weighted by atomic mass is 9.81. The van der Waals surface area contributed by atoms with Gasteiger partial charge in [0.15, 0.2) is 0 Å². The number of aliphatic hydroxyl groups is 1. The van der Waals surface area contributed by atoms with Crippen LogP contribution in [0.2, 0.25) is 0 Å². The van der Waals surface area contributed by atoms with E-state index in [1.54, 1.807) is 34.0 Å². The summed E-state index contributed by atoms with van der Waals surface area (Å²) in [6, 6.07) is 9.14. The third-order valence-electron chi connectivity index (χ3n) is 14.7. The van der Waals surface area contributed by atoms with Gasteiger partial charge in [0.05, 0.1) is 31.0 Å². The van der Waals surface area contributed by atoms with Crippen LogP contribution in [0.15, 0.2) is 53.6 Å². The average Bonchev–Trinajstić information content (AvgIpc) is 3.33. The minimum Gasteiger partial charge on any atom is -0.456 e. The van der Waals surface area contributed by atoms with Gasteiger partial charge in [0.25, 0.3) is 11.7 Å². The largest absolute Gasteiger partial charge is 0.456 e. The Kier molecular flexibility index (Phi) is 20.5. The fourth-order valence-corrected chi connectivity index (χ4v) is 10.6. The van der Waals surface area contributed by atoms with Crippen molar-refractivity contribution < 1.29 is 57.1 Å². The molecule has 14 heteroatoms. The van der Waals surface area contributed by atoms with Gasteiger partial charge in [0, 0.05) is 59.2 Å². The number of nitrogens with zero attached hydrogens (tertiary/aromatic N) is 1. The second-order valence-corrected chi connectivity index (χ2v) is 19.5. The number of amides is 1. The Bertz CT molecular complexity index is 1810. The van der Waals surface area contributed by atoms with Crippen LogP contribution in [0.1, 0.15) is 118 Å². The first-order valence-corrected chi connectivity index (χ1v) is 24.5. The van der Waals surface area contributed by atoms with Gasteiger partial charge in [-0.1, -0.05) is 70.2 Å². The molecule has 14 atom stereocenters. The maximum atomic E-state index is 16.3. The number of rotatable bonds is 12. The Morgan fingerprint density at radius 3 is 2.29 bits per heavy atom. The van der Waals surface area contributed by atoms with E-state index in [1.165, 1.54) is 24.7 Å². The number of esters is 1. The zero-order valence-corrected chi connectivity index (χ0v) is 41.0. The number of methoxy groups -OCH3 is 3. The van der Waals surface area contributed by atoms with E-state index in [4.69, 9.17) is 28.4 Å². The third-order valence-corrected chi connectivity index (χ3v) is 14.7. The molecule has 14 unspecified atom stereocenters. The lowest BCUT2D eigenvalue weighted by molar-refractivity contribution is -0.302. The molecule has 13 nitrogen and oxygen atoms in total. The fraction of sp³-hybridized carbons (Fsp3) is 0.731. The van der Waals surface area contributed by atoms with E-state index in [0.717, 1.165) is 25.0 Å². The van der Waals surface area contributed by atoms with Crippen LogP contribution in [0.4, 0.5) is 4.39 Å². The molecule has 1 aliphatic carbocycles. The molecule has 3 heterocycles. The minimum absolute atomic E-state index is 0.0260. The molecule has 0 radical (unpaired) electrons. The number of ether oxygens (including phenoxy) is 6. The van der Waals surface area contributed by atoms with Crippen LogP contribution in [-0.4, -0.2) is 129 Å². The smallest absolute Gasteiger partial charge is 0.329 e. The number of piperidine rings is 1. The summed E-state index contributed by atoms with van der Waals surface area (Å²) in [6.45, 7) is 13.0. The van der Waals surface area contributed by atoms with E-state index in [-0.39, 0.29) is 62.1 Å². The second kappa shape index (κ2) is 25.3. The van der Waals surface area contributed by atoms with Gasteiger partial charge in [-0.05, 0) is 113 Å². The number of cyclic esters (lactones) is 1. The average molecular weight is 927 g/mol. The molecule has 2 N–H and O–H groups in total. The lowest BCUT2D eigenvalue weighted by Crippen LogP contribution is -2.64. The maximum absolute atomic E-state index is 16.3. The van der Waals surface area contributed by atoms with E-state index < -0.39 is 77.8 Å². The molecule has 4 aliphatic rings. The van der Waals surface area contributed by atoms with Crippen molar-refractivity contribution in [1.82, 2.24) is 10.2 Å². The van der Waals surface area contributed by atoms with Crippen LogP contribution in [0, 0.1) is 29.6 Å². The topological polar surface area (TPSA) is 159 Å². The van der Waals surface area contributed by atoms with Crippen LogP contribution in [0.3, 0.4) is 0 Å². The van der Waals surface area contributed by atoms with Gasteiger partial charge in [-0.3, -0.25) is 14.4 Å². The summed E-state index contributed by atoms with van der Waals surface area (Å²) < 4.78 is 52.9. The first kappa shape index (κ1) is 53.6. The Balaban J connectivity index is 1.40. The summed E-state index contributed by atoms with van der Waals surface area (Å²) in [5.41, 5.74) is 2.45. The number of halogens is 1. The summed E-state index contributed by atoms with van der Waals surface area (Å²) in [6.07, 6.45) is 4.07. The van der Waals surface area contributed by atoms with Crippen molar-refractivity contribution in [3.05, 3.63) is 59.2 Å². The van der Waals surface area contributed by atoms with E-state index in [0.29, 0.717) is 50.8 Å². The Hall–Kier alpha value is -3.37. The van der Waals surface area contributed by atoms with Crippen molar-refractivity contribution in [3.63, 3.8) is 0 Å². The van der Waals surface area contributed by atoms with Crippen LogP contribution in [0.25, 0.3) is 0 Å². The molecule has 370 valence electrons. The van der Waals surface area contributed by atoms with Crippen molar-refractivity contribution in [1.29, 1.82) is 0 Å². The summed E-state index contributed by atoms with van der Waals surface area (Å²) in [5.74, 6) is -7.69. The highest BCUT2D eigenvalue weighted by Crippen LogP contribution is 2.40. The molecule has 1 saturated carbocycles. The summed E-state index contributed by atoms with van der Waals surface area (Å²) in [5, 5.41) is 15.5. The number of ketones is 2. The number of benzene rings is 1. The zero-order valence-electron chi connectivity index (χ0n) is 41.0. The summed E-state index contributed by atoms with van der Waals surface area (Å²) in [7, 11) is 4.63. The van der Waals surface area contributed by atoms with Crippen molar-refractivity contribution >= 4 is 23.4 Å². The van der Waals surface area contributed by atoms with Crippen LogP contribution in [0.5, 0.6) is 0 Å². The number of hydrogen-bond donors (Lipinski definition) is 2. The monoisotopic (exact) mass is 927 g/mol. The van der Waals surface area contributed by atoms with Gasteiger partial charge in [-0.15, -0.1) is 0 Å². The molecule has 66 heavy (non-hydrogen) atoms. The van der Waals surface area contributed by atoms with Gasteiger partial charge in [0.1, 0.15) is 30.2 Å². The van der Waals surface area contributed by atoms with Gasteiger partial charge < -0.3 is 43.7 Å². The maximum Gasteiger partial charge on any atom is 0.329 e. The summed E-state index contributed by atoms with van der Waals surface area (Å²) in [4.78, 5) is 58.3. The number of allylic oxidation sites excluding steroid dienone is 3. The number of carbonyl (C=O) groups is 4. The molecule has 3 aliphatic heterocycles. The minimum atomic E-state index is -2.57. The van der Waals surface area contributed by atoms with E-state index in [9.17, 15) is 24.3 Å². The SMILES string of the molecule is CCC1/C=C(\C)C(F)C(C)CC(OC)C2OC(O)(C(=O)C(=O)N3CCCCC3C(=O)OC(C(C)=CC3CCC(OCCNCc4ccccc4)C(OC)C3)C(C)CCC1=O)C(C)CC2OC. The first-order valence-electron chi connectivity index (χ1n) is 24.5. The predicted molar refractivity (Wildman–Crippen MR) is 249 cm³/mol. The number of fused-ring (bicyclic) bond motifs is 3. The molecule has 2 bridgehead atoms. The van der Waals surface area contributed by atoms with Gasteiger partial charge in [-0.25, -0.2) is 9.18 Å². The van der Waals surface area contributed by atoms with Gasteiger partial charge >= 0.3 is 5.97 Å². The number of Topliss-reactive ketones (excluding diaryl/α,β-unsaturated/α-hetero) is 2. The highest BCUT2D eigenvalue weighted by Gasteiger charge is 2.56. The molecule has 1 aromatic carbocycles. The van der Waals surface area contributed by atoms with E-state index >= 15 is 4.39 Å². The van der Waals surface area contributed by atoms with Crippen molar-refractivity contribution in [2.75, 3.05) is 41.0 Å². The van der Waals surface area contributed by atoms with Crippen molar-refractivity contribution in [2.45, 2.75) is 173 Å². The number of nitrogens with one attached hydrogen (secondary N) is 1. The lowest BCUT2D eigenvalue weighted by Gasteiger charge is -2.47. The van der Waals surface area contributed by atoms with Gasteiger partial charge in [-0.2, -0.15) is 0 Å². The highest BCUT2D eigenvalue weighted by molar-refractivity contribution is 6.39. The summed E-state index contributed by atoms with van der Waals surface area (Å²) >= 11 is 0. The molecule has 1 amide bonds. The van der Waals surface area contributed by atoms with Crippen molar-refractivity contribution in [3.8, 4) is 0 Å². The quantitative estimate of drug-likeness (QED) is 0.0937. The predicted octanol–water partition coefficient (Wildman–Crippen LogP) is 7.26. The molecular formula is C52H79FN2O11. The zero-order chi connectivity index (χ0) is 48.1. The van der Waals surface area contributed by atoms with Gasteiger partial charge in [0.2, 0.25) is 5.79 Å². The molecule has 3 fully saturated rings. The first-order chi connectivity index (χ1) is 31.6.